The average Bonchev–Trinajstić information content (AvgIpc) is 3.51. The highest BCUT2D eigenvalue weighted by atomic mass is 32.2. The van der Waals surface area contributed by atoms with E-state index in [4.69, 9.17) is 0 Å². The van der Waals surface area contributed by atoms with Gasteiger partial charge in [0.2, 0.25) is 9.84 Å². The molecule has 1 atom stereocenters. The van der Waals surface area contributed by atoms with Gasteiger partial charge >= 0.3 is 5.76 Å². The monoisotopic (exact) mass is 393 g/mol. The van der Waals surface area contributed by atoms with Gasteiger partial charge in [-0.2, -0.15) is 8.78 Å². The van der Waals surface area contributed by atoms with Crippen molar-refractivity contribution < 1.29 is 22.0 Å². The third-order valence-electron chi connectivity index (χ3n) is 4.92. The Balaban J connectivity index is 1.85. The first-order chi connectivity index (χ1) is 12.8. The summed E-state index contributed by atoms with van der Waals surface area (Å²) in [6.45, 7) is 2.45. The number of halogens is 2. The Morgan fingerprint density at radius 1 is 1.07 bits per heavy atom. The van der Waals surface area contributed by atoms with Gasteiger partial charge in [-0.25, -0.2) is 8.42 Å². The molecule has 1 saturated carbocycles. The molecule has 0 radical (unpaired) electrons. The fraction of sp³-hybridized carbons (Fsp3) is 0.350. The van der Waals surface area contributed by atoms with Crippen molar-refractivity contribution in [3.05, 3.63) is 65.7 Å². The second-order valence-corrected chi connectivity index (χ2v) is 8.74. The van der Waals surface area contributed by atoms with E-state index < -0.39 is 20.5 Å². The van der Waals surface area contributed by atoms with Crippen LogP contribution in [0, 0.1) is 5.92 Å². The van der Waals surface area contributed by atoms with Crippen molar-refractivity contribution in [1.82, 2.24) is 4.90 Å². The summed E-state index contributed by atoms with van der Waals surface area (Å²) in [4.78, 5) is 14.3. The molecule has 0 aromatic heterocycles. The maximum absolute atomic E-state index is 13.0. The zero-order valence-electron chi connectivity index (χ0n) is 14.9. The lowest BCUT2D eigenvalue weighted by atomic mass is 10.1. The van der Waals surface area contributed by atoms with Crippen molar-refractivity contribution in [3.8, 4) is 0 Å². The normalized spacial score (nSPS) is 15.6. The Bertz CT molecular complexity index is 895. The standard InChI is InChI=1S/C20H21F2NO3S/c1-14(16-7-8-16)23(13-15-5-3-2-4-6-15)19(24)17-9-11-18(12-10-17)27(25,26)20(21)22/h2-6,9-12,14,16,20H,7-8,13H2,1H3. The zero-order chi connectivity index (χ0) is 19.6. The second-order valence-electron chi connectivity index (χ2n) is 6.83. The predicted molar refractivity (Wildman–Crippen MR) is 98.1 cm³/mol. The van der Waals surface area contributed by atoms with Crippen LogP contribution in [-0.4, -0.2) is 31.0 Å². The molecule has 0 N–H and O–H groups in total. The molecule has 1 aliphatic rings. The number of amides is 1. The molecule has 2 aromatic rings. The molecule has 3 rings (SSSR count). The van der Waals surface area contributed by atoms with Crippen molar-refractivity contribution in [1.29, 1.82) is 0 Å². The van der Waals surface area contributed by atoms with Gasteiger partial charge in [-0.3, -0.25) is 4.79 Å². The van der Waals surface area contributed by atoms with Crippen LogP contribution in [-0.2, 0) is 16.4 Å². The van der Waals surface area contributed by atoms with Crippen LogP contribution in [0.5, 0.6) is 0 Å². The largest absolute Gasteiger partial charge is 0.341 e. The first kappa shape index (κ1) is 19.5. The molecule has 1 unspecified atom stereocenters. The Labute approximate surface area is 157 Å². The molecule has 144 valence electrons. The fourth-order valence-electron chi connectivity index (χ4n) is 3.07. The van der Waals surface area contributed by atoms with Gasteiger partial charge in [-0.05, 0) is 55.5 Å². The highest BCUT2D eigenvalue weighted by Crippen LogP contribution is 2.36. The third-order valence-corrected chi connectivity index (χ3v) is 6.32. The summed E-state index contributed by atoms with van der Waals surface area (Å²) in [5, 5.41) is 0. The van der Waals surface area contributed by atoms with Gasteiger partial charge in [0.25, 0.3) is 5.91 Å². The van der Waals surface area contributed by atoms with E-state index in [0.717, 1.165) is 30.5 Å². The van der Waals surface area contributed by atoms with Gasteiger partial charge in [0.15, 0.2) is 0 Å². The molecule has 0 aliphatic heterocycles. The molecule has 7 heteroatoms. The minimum atomic E-state index is -4.67. The topological polar surface area (TPSA) is 54.5 Å². The van der Waals surface area contributed by atoms with E-state index in [0.29, 0.717) is 12.5 Å². The Morgan fingerprint density at radius 3 is 2.19 bits per heavy atom. The van der Waals surface area contributed by atoms with E-state index in [1.54, 1.807) is 4.90 Å². The van der Waals surface area contributed by atoms with Crippen molar-refractivity contribution in [2.75, 3.05) is 0 Å². The molecule has 0 spiro atoms. The smallest absolute Gasteiger partial charge is 0.331 e. The first-order valence-electron chi connectivity index (χ1n) is 8.77. The highest BCUT2D eigenvalue weighted by molar-refractivity contribution is 7.91. The van der Waals surface area contributed by atoms with E-state index in [1.807, 2.05) is 37.3 Å². The highest BCUT2D eigenvalue weighted by Gasteiger charge is 2.35. The quantitative estimate of drug-likeness (QED) is 0.711. The Hall–Kier alpha value is -2.28. The van der Waals surface area contributed by atoms with E-state index in [9.17, 15) is 22.0 Å². The van der Waals surface area contributed by atoms with Crippen molar-refractivity contribution in [3.63, 3.8) is 0 Å². The number of nitrogens with zero attached hydrogens (tertiary/aromatic N) is 1. The maximum Gasteiger partial charge on any atom is 0.341 e. The molecule has 2 aromatic carbocycles. The molecule has 27 heavy (non-hydrogen) atoms. The summed E-state index contributed by atoms with van der Waals surface area (Å²) < 4.78 is 48.4. The van der Waals surface area contributed by atoms with Crippen LogP contribution < -0.4 is 0 Å². The van der Waals surface area contributed by atoms with E-state index in [1.165, 1.54) is 12.1 Å². The lowest BCUT2D eigenvalue weighted by Gasteiger charge is -2.30. The van der Waals surface area contributed by atoms with Gasteiger partial charge in [0.1, 0.15) is 0 Å². The lowest BCUT2D eigenvalue weighted by molar-refractivity contribution is 0.0654. The number of carbonyl (C=O) groups is 1. The number of rotatable bonds is 7. The lowest BCUT2D eigenvalue weighted by Crippen LogP contribution is -2.39. The van der Waals surface area contributed by atoms with Gasteiger partial charge < -0.3 is 4.90 Å². The summed E-state index contributed by atoms with van der Waals surface area (Å²) in [5.41, 5.74) is 1.28. The first-order valence-corrected chi connectivity index (χ1v) is 10.3. The number of benzene rings is 2. The third kappa shape index (κ3) is 4.35. The van der Waals surface area contributed by atoms with Gasteiger partial charge in [-0.15, -0.1) is 0 Å². The Kier molecular flexibility index (Phi) is 5.60. The SMILES string of the molecule is CC(C1CC1)N(Cc1ccccc1)C(=O)c1ccc(S(=O)(=O)C(F)F)cc1. The summed E-state index contributed by atoms with van der Waals surface area (Å²) in [6, 6.07) is 14.4. The van der Waals surface area contributed by atoms with Crippen LogP contribution >= 0.6 is 0 Å². The van der Waals surface area contributed by atoms with Gasteiger partial charge in [0, 0.05) is 18.2 Å². The number of sulfone groups is 1. The van der Waals surface area contributed by atoms with Gasteiger partial charge in [0.05, 0.1) is 4.90 Å². The van der Waals surface area contributed by atoms with Crippen LogP contribution in [0.2, 0.25) is 0 Å². The van der Waals surface area contributed by atoms with Crippen LogP contribution in [0.15, 0.2) is 59.5 Å². The van der Waals surface area contributed by atoms with E-state index in [2.05, 4.69) is 0 Å². The summed E-state index contributed by atoms with van der Waals surface area (Å²) in [5.74, 6) is -3.26. The molecule has 1 aliphatic carbocycles. The van der Waals surface area contributed by atoms with Crippen molar-refractivity contribution in [2.24, 2.45) is 5.92 Å². The predicted octanol–water partition coefficient (Wildman–Crippen LogP) is 4.12. The van der Waals surface area contributed by atoms with E-state index >= 15 is 0 Å². The summed E-state index contributed by atoms with van der Waals surface area (Å²) in [7, 11) is -4.67. The number of carbonyl (C=O) groups excluding carboxylic acids is 1. The van der Waals surface area contributed by atoms with Crippen LogP contribution in [0.3, 0.4) is 0 Å². The molecule has 0 bridgehead atoms. The number of alkyl halides is 2. The fourth-order valence-corrected chi connectivity index (χ4v) is 3.79. The molecular weight excluding hydrogens is 372 g/mol. The molecule has 1 fully saturated rings. The molecule has 0 heterocycles. The average molecular weight is 393 g/mol. The van der Waals surface area contributed by atoms with Crippen molar-refractivity contribution in [2.45, 2.75) is 43.0 Å². The number of hydrogen-bond acceptors (Lipinski definition) is 3. The molecule has 4 nitrogen and oxygen atoms in total. The minimum Gasteiger partial charge on any atom is -0.331 e. The molecular formula is C20H21F2NO3S. The maximum atomic E-state index is 13.0. The van der Waals surface area contributed by atoms with Crippen LogP contribution in [0.1, 0.15) is 35.7 Å². The summed E-state index contributed by atoms with van der Waals surface area (Å²) >= 11 is 0. The van der Waals surface area contributed by atoms with Gasteiger partial charge in [-0.1, -0.05) is 30.3 Å². The Morgan fingerprint density at radius 2 is 1.67 bits per heavy atom. The summed E-state index contributed by atoms with van der Waals surface area (Å²) in [6.07, 6.45) is 2.15. The molecule has 1 amide bonds. The number of hydrogen-bond donors (Lipinski definition) is 0. The minimum absolute atomic E-state index is 0.0437. The van der Waals surface area contributed by atoms with Crippen LogP contribution in [0.4, 0.5) is 8.78 Å². The zero-order valence-corrected chi connectivity index (χ0v) is 15.7. The van der Waals surface area contributed by atoms with Crippen molar-refractivity contribution >= 4 is 15.7 Å². The second kappa shape index (κ2) is 7.76. The molecule has 0 saturated heterocycles. The van der Waals surface area contributed by atoms with E-state index in [-0.39, 0.29) is 17.5 Å². The van der Waals surface area contributed by atoms with Crippen LogP contribution in [0.25, 0.3) is 0 Å².